The van der Waals surface area contributed by atoms with Crippen LogP contribution in [0.5, 0.6) is 0 Å². The summed E-state index contributed by atoms with van der Waals surface area (Å²) < 4.78 is 74.5. The van der Waals surface area contributed by atoms with Gasteiger partial charge in [-0.2, -0.15) is 26.3 Å². The van der Waals surface area contributed by atoms with Gasteiger partial charge in [-0.05, 0) is 12.1 Å². The van der Waals surface area contributed by atoms with Gasteiger partial charge in [-0.3, -0.25) is 4.79 Å². The standard InChI is InChI=1S/C10H5ClF6O/c11-4-8(18)6-2-1-5(9(12,13)14)3-7(6)10(15,16)17/h1-3H,4H2. The van der Waals surface area contributed by atoms with Crippen LogP contribution in [0.15, 0.2) is 18.2 Å². The molecule has 8 heteroatoms. The van der Waals surface area contributed by atoms with Crippen LogP contribution in [0.3, 0.4) is 0 Å². The average molecular weight is 291 g/mol. The van der Waals surface area contributed by atoms with E-state index in [1.807, 2.05) is 0 Å². The number of rotatable bonds is 2. The van der Waals surface area contributed by atoms with Crippen molar-refractivity contribution in [1.82, 2.24) is 0 Å². The molecule has 0 unspecified atom stereocenters. The van der Waals surface area contributed by atoms with Crippen molar-refractivity contribution in [2.24, 2.45) is 0 Å². The predicted octanol–water partition coefficient (Wildman–Crippen LogP) is 4.15. The van der Waals surface area contributed by atoms with Crippen molar-refractivity contribution in [3.8, 4) is 0 Å². The Hall–Kier alpha value is -1.24. The molecule has 0 aliphatic heterocycles. The molecule has 1 aromatic rings. The monoisotopic (exact) mass is 290 g/mol. The van der Waals surface area contributed by atoms with Gasteiger partial charge in [-0.15, -0.1) is 11.6 Å². The van der Waals surface area contributed by atoms with E-state index in [0.29, 0.717) is 12.1 Å². The van der Waals surface area contributed by atoms with Crippen molar-refractivity contribution in [3.63, 3.8) is 0 Å². The average Bonchev–Trinajstić information content (AvgIpc) is 2.24. The van der Waals surface area contributed by atoms with E-state index in [0.717, 1.165) is 0 Å². The predicted molar refractivity (Wildman–Crippen MR) is 51.5 cm³/mol. The molecule has 0 spiro atoms. The molecule has 0 saturated heterocycles. The van der Waals surface area contributed by atoms with Crippen molar-refractivity contribution >= 4 is 17.4 Å². The summed E-state index contributed by atoms with van der Waals surface area (Å²) in [6.45, 7) is 0. The van der Waals surface area contributed by atoms with E-state index in [4.69, 9.17) is 11.6 Å². The fourth-order valence-electron chi connectivity index (χ4n) is 1.27. The van der Waals surface area contributed by atoms with Gasteiger partial charge in [-0.25, -0.2) is 0 Å². The van der Waals surface area contributed by atoms with E-state index in [1.165, 1.54) is 0 Å². The zero-order valence-corrected chi connectivity index (χ0v) is 9.25. The van der Waals surface area contributed by atoms with Crippen LogP contribution >= 0.6 is 11.6 Å². The number of hydrogen-bond donors (Lipinski definition) is 0. The van der Waals surface area contributed by atoms with Gasteiger partial charge >= 0.3 is 12.4 Å². The lowest BCUT2D eigenvalue weighted by Gasteiger charge is -2.14. The van der Waals surface area contributed by atoms with Crippen molar-refractivity contribution in [1.29, 1.82) is 0 Å². The molecule has 0 bridgehead atoms. The maximum Gasteiger partial charge on any atom is 0.417 e. The Morgan fingerprint density at radius 1 is 1.06 bits per heavy atom. The zero-order chi connectivity index (χ0) is 14.1. The number of carbonyl (C=O) groups excluding carboxylic acids is 1. The van der Waals surface area contributed by atoms with Crippen LogP contribution in [-0.2, 0) is 12.4 Å². The molecule has 0 aliphatic carbocycles. The quantitative estimate of drug-likeness (QED) is 0.454. The third kappa shape index (κ3) is 3.16. The molecule has 0 atom stereocenters. The molecule has 0 N–H and O–H groups in total. The highest BCUT2D eigenvalue weighted by Gasteiger charge is 2.39. The van der Waals surface area contributed by atoms with Crippen molar-refractivity contribution < 1.29 is 31.1 Å². The number of benzene rings is 1. The second-order valence-electron chi connectivity index (χ2n) is 3.31. The normalized spacial score (nSPS) is 12.6. The molecule has 0 saturated carbocycles. The Morgan fingerprint density at radius 3 is 2.00 bits per heavy atom. The molecule has 0 radical (unpaired) electrons. The lowest BCUT2D eigenvalue weighted by atomic mass is 10.0. The summed E-state index contributed by atoms with van der Waals surface area (Å²) >= 11 is 5.10. The first-order valence-corrected chi connectivity index (χ1v) is 4.98. The first-order chi connectivity index (χ1) is 8.07. The summed E-state index contributed by atoms with van der Waals surface area (Å²) in [5.41, 5.74) is -3.98. The minimum atomic E-state index is -5.06. The number of ketones is 1. The van der Waals surface area contributed by atoms with E-state index in [-0.39, 0.29) is 6.07 Å². The van der Waals surface area contributed by atoms with Crippen LogP contribution in [0.25, 0.3) is 0 Å². The first-order valence-electron chi connectivity index (χ1n) is 4.45. The number of alkyl halides is 7. The van der Waals surface area contributed by atoms with Crippen LogP contribution in [0.1, 0.15) is 21.5 Å². The Morgan fingerprint density at radius 2 is 1.61 bits per heavy atom. The van der Waals surface area contributed by atoms with E-state index < -0.39 is 40.7 Å². The highest BCUT2D eigenvalue weighted by Crippen LogP contribution is 2.37. The molecule has 0 heterocycles. The molecule has 0 aromatic heterocycles. The van der Waals surface area contributed by atoms with Gasteiger partial charge in [0, 0.05) is 5.56 Å². The van der Waals surface area contributed by atoms with Crippen LogP contribution in [0.4, 0.5) is 26.3 Å². The molecular formula is C10H5ClF6O. The molecular weight excluding hydrogens is 286 g/mol. The maximum atomic E-state index is 12.6. The minimum absolute atomic E-state index is 0.0974. The van der Waals surface area contributed by atoms with E-state index in [9.17, 15) is 31.1 Å². The summed E-state index contributed by atoms with van der Waals surface area (Å²) in [6.07, 6.45) is -9.97. The Balaban J connectivity index is 3.44. The summed E-state index contributed by atoms with van der Waals surface area (Å²) in [7, 11) is 0. The molecule has 0 amide bonds. The zero-order valence-electron chi connectivity index (χ0n) is 8.49. The van der Waals surface area contributed by atoms with Crippen molar-refractivity contribution in [2.45, 2.75) is 12.4 Å². The maximum absolute atomic E-state index is 12.6. The Bertz CT molecular complexity index is 462. The second-order valence-corrected chi connectivity index (χ2v) is 3.58. The second kappa shape index (κ2) is 4.79. The minimum Gasteiger partial charge on any atom is -0.293 e. The van der Waals surface area contributed by atoms with E-state index in [2.05, 4.69) is 0 Å². The third-order valence-electron chi connectivity index (χ3n) is 2.07. The molecule has 18 heavy (non-hydrogen) atoms. The summed E-state index contributed by atoms with van der Waals surface area (Å²) in [5.74, 6) is -1.83. The molecule has 0 fully saturated rings. The fourth-order valence-corrected chi connectivity index (χ4v) is 1.41. The molecule has 1 nitrogen and oxygen atoms in total. The van der Waals surface area contributed by atoms with Crippen LogP contribution in [0.2, 0.25) is 0 Å². The molecule has 0 aliphatic rings. The van der Waals surface area contributed by atoms with Gasteiger partial charge in [0.25, 0.3) is 0 Å². The van der Waals surface area contributed by atoms with Gasteiger partial charge < -0.3 is 0 Å². The van der Waals surface area contributed by atoms with Gasteiger partial charge in [0.05, 0.1) is 17.0 Å². The SMILES string of the molecule is O=C(CCl)c1ccc(C(F)(F)F)cc1C(F)(F)F. The number of carbonyl (C=O) groups is 1. The third-order valence-corrected chi connectivity index (χ3v) is 2.32. The number of halogens is 7. The molecule has 1 aromatic carbocycles. The Kier molecular flexibility index (Phi) is 3.95. The van der Waals surface area contributed by atoms with E-state index >= 15 is 0 Å². The highest BCUT2D eigenvalue weighted by atomic mass is 35.5. The van der Waals surface area contributed by atoms with Gasteiger partial charge in [0.2, 0.25) is 0 Å². The van der Waals surface area contributed by atoms with Crippen LogP contribution < -0.4 is 0 Å². The topological polar surface area (TPSA) is 17.1 Å². The lowest BCUT2D eigenvalue weighted by molar-refractivity contribution is -0.143. The summed E-state index contributed by atoms with van der Waals surface area (Å²) in [6, 6.07) is 0.797. The van der Waals surface area contributed by atoms with Crippen LogP contribution in [0, 0.1) is 0 Å². The smallest absolute Gasteiger partial charge is 0.293 e. The van der Waals surface area contributed by atoms with Crippen molar-refractivity contribution in [2.75, 3.05) is 5.88 Å². The molecule has 100 valence electrons. The molecule has 1 rings (SSSR count). The highest BCUT2D eigenvalue weighted by molar-refractivity contribution is 6.30. The number of Topliss-reactive ketones (excluding diaryl/α,β-unsaturated/α-hetero) is 1. The fraction of sp³-hybridized carbons (Fsp3) is 0.300. The van der Waals surface area contributed by atoms with Gasteiger partial charge in [0.1, 0.15) is 0 Å². The largest absolute Gasteiger partial charge is 0.417 e. The van der Waals surface area contributed by atoms with Crippen LogP contribution in [-0.4, -0.2) is 11.7 Å². The van der Waals surface area contributed by atoms with Gasteiger partial charge in [-0.1, -0.05) is 6.07 Å². The Labute approximate surface area is 102 Å². The number of hydrogen-bond acceptors (Lipinski definition) is 1. The van der Waals surface area contributed by atoms with Crippen molar-refractivity contribution in [3.05, 3.63) is 34.9 Å². The van der Waals surface area contributed by atoms with E-state index in [1.54, 1.807) is 0 Å². The summed E-state index contributed by atoms with van der Waals surface area (Å²) in [4.78, 5) is 11.1. The summed E-state index contributed by atoms with van der Waals surface area (Å²) in [5, 5.41) is 0. The van der Waals surface area contributed by atoms with Gasteiger partial charge in [0.15, 0.2) is 5.78 Å². The first kappa shape index (κ1) is 14.8. The lowest BCUT2D eigenvalue weighted by Crippen LogP contribution is -2.16.